The Morgan fingerprint density at radius 1 is 1.08 bits per heavy atom. The lowest BCUT2D eigenvalue weighted by molar-refractivity contribution is -0.144. The molecule has 2 aromatic carbocycles. The SMILES string of the molecule is CCOC(=O)Cn1ncc(-c2ccc(Cl)cc2)c1-c1ccccc1. The van der Waals surface area contributed by atoms with Crippen LogP contribution in [0.25, 0.3) is 22.4 Å². The fourth-order valence-corrected chi connectivity index (χ4v) is 2.70. The van der Waals surface area contributed by atoms with Crippen molar-refractivity contribution in [3.05, 3.63) is 65.8 Å². The van der Waals surface area contributed by atoms with Gasteiger partial charge in [-0.15, -0.1) is 0 Å². The normalized spacial score (nSPS) is 10.6. The highest BCUT2D eigenvalue weighted by atomic mass is 35.5. The lowest BCUT2D eigenvalue weighted by Crippen LogP contribution is -2.15. The second-order valence-corrected chi connectivity index (χ2v) is 5.68. The lowest BCUT2D eigenvalue weighted by Gasteiger charge is -2.10. The Labute approximate surface area is 145 Å². The standard InChI is InChI=1S/C19H17ClN2O2/c1-2-24-18(23)13-22-19(15-6-4-3-5-7-15)17(12-21-22)14-8-10-16(20)11-9-14/h3-12H,2,13H2,1H3. The maximum Gasteiger partial charge on any atom is 0.327 e. The first-order valence-corrected chi connectivity index (χ1v) is 8.09. The van der Waals surface area contributed by atoms with Crippen LogP contribution in [0.2, 0.25) is 5.02 Å². The van der Waals surface area contributed by atoms with Gasteiger partial charge in [-0.3, -0.25) is 9.48 Å². The first kappa shape index (κ1) is 16.3. The van der Waals surface area contributed by atoms with Crippen molar-refractivity contribution < 1.29 is 9.53 Å². The quantitative estimate of drug-likeness (QED) is 0.645. The van der Waals surface area contributed by atoms with Crippen molar-refractivity contribution in [2.75, 3.05) is 6.61 Å². The molecule has 0 amide bonds. The molecular formula is C19H17ClN2O2. The van der Waals surface area contributed by atoms with Gasteiger partial charge in [0.1, 0.15) is 6.54 Å². The van der Waals surface area contributed by atoms with Gasteiger partial charge in [0, 0.05) is 16.1 Å². The smallest absolute Gasteiger partial charge is 0.327 e. The van der Waals surface area contributed by atoms with E-state index in [4.69, 9.17) is 16.3 Å². The van der Waals surface area contributed by atoms with Gasteiger partial charge in [-0.25, -0.2) is 0 Å². The molecule has 122 valence electrons. The van der Waals surface area contributed by atoms with Gasteiger partial charge in [0.25, 0.3) is 0 Å². The summed E-state index contributed by atoms with van der Waals surface area (Å²) in [6.07, 6.45) is 1.77. The van der Waals surface area contributed by atoms with E-state index in [1.165, 1.54) is 0 Å². The minimum Gasteiger partial charge on any atom is -0.465 e. The van der Waals surface area contributed by atoms with Crippen LogP contribution in [0.4, 0.5) is 0 Å². The molecule has 0 atom stereocenters. The Hall–Kier alpha value is -2.59. The van der Waals surface area contributed by atoms with Crippen molar-refractivity contribution in [2.45, 2.75) is 13.5 Å². The predicted octanol–water partition coefficient (Wildman–Crippen LogP) is 4.43. The molecule has 0 unspecified atom stereocenters. The largest absolute Gasteiger partial charge is 0.465 e. The van der Waals surface area contributed by atoms with Crippen molar-refractivity contribution in [3.8, 4) is 22.4 Å². The van der Waals surface area contributed by atoms with E-state index >= 15 is 0 Å². The summed E-state index contributed by atoms with van der Waals surface area (Å²) in [7, 11) is 0. The zero-order valence-electron chi connectivity index (χ0n) is 13.3. The minimum absolute atomic E-state index is 0.0751. The monoisotopic (exact) mass is 340 g/mol. The van der Waals surface area contributed by atoms with Crippen molar-refractivity contribution in [1.82, 2.24) is 9.78 Å². The van der Waals surface area contributed by atoms with Gasteiger partial charge >= 0.3 is 5.97 Å². The molecule has 0 radical (unpaired) electrons. The van der Waals surface area contributed by atoms with Gasteiger partial charge in [-0.05, 0) is 24.6 Å². The van der Waals surface area contributed by atoms with Gasteiger partial charge in [0.2, 0.25) is 0 Å². The van der Waals surface area contributed by atoms with Crippen LogP contribution >= 0.6 is 11.6 Å². The molecular weight excluding hydrogens is 324 g/mol. The first-order chi connectivity index (χ1) is 11.7. The molecule has 0 aliphatic carbocycles. The van der Waals surface area contributed by atoms with E-state index in [0.29, 0.717) is 11.6 Å². The lowest BCUT2D eigenvalue weighted by atomic mass is 10.0. The van der Waals surface area contributed by atoms with Gasteiger partial charge < -0.3 is 4.74 Å². The van der Waals surface area contributed by atoms with Crippen LogP contribution in [0.1, 0.15) is 6.92 Å². The number of aromatic nitrogens is 2. The Morgan fingerprint density at radius 3 is 2.46 bits per heavy atom. The number of ether oxygens (including phenoxy) is 1. The summed E-state index contributed by atoms with van der Waals surface area (Å²) in [5.41, 5.74) is 3.81. The number of nitrogens with zero attached hydrogens (tertiary/aromatic N) is 2. The van der Waals surface area contributed by atoms with Crippen molar-refractivity contribution in [3.63, 3.8) is 0 Å². The van der Waals surface area contributed by atoms with E-state index < -0.39 is 0 Å². The molecule has 0 aliphatic rings. The summed E-state index contributed by atoms with van der Waals surface area (Å²) in [4.78, 5) is 11.9. The third-order valence-electron chi connectivity index (χ3n) is 3.63. The summed E-state index contributed by atoms with van der Waals surface area (Å²) in [6.45, 7) is 2.22. The highest BCUT2D eigenvalue weighted by Gasteiger charge is 2.17. The maximum absolute atomic E-state index is 11.9. The van der Waals surface area contributed by atoms with E-state index in [9.17, 15) is 4.79 Å². The van der Waals surface area contributed by atoms with Crippen molar-refractivity contribution >= 4 is 17.6 Å². The molecule has 3 rings (SSSR count). The molecule has 3 aromatic rings. The van der Waals surface area contributed by atoms with E-state index in [0.717, 1.165) is 22.4 Å². The summed E-state index contributed by atoms with van der Waals surface area (Å²) in [6, 6.07) is 17.4. The highest BCUT2D eigenvalue weighted by molar-refractivity contribution is 6.30. The number of halogens is 1. The van der Waals surface area contributed by atoms with E-state index in [2.05, 4.69) is 5.10 Å². The van der Waals surface area contributed by atoms with Crippen molar-refractivity contribution in [2.24, 2.45) is 0 Å². The molecule has 1 heterocycles. The number of esters is 1. The number of carbonyl (C=O) groups is 1. The zero-order chi connectivity index (χ0) is 16.9. The van der Waals surface area contributed by atoms with Gasteiger partial charge in [-0.2, -0.15) is 5.10 Å². The van der Waals surface area contributed by atoms with E-state index in [1.807, 2.05) is 54.6 Å². The first-order valence-electron chi connectivity index (χ1n) is 7.72. The minimum atomic E-state index is -0.305. The maximum atomic E-state index is 11.9. The summed E-state index contributed by atoms with van der Waals surface area (Å²) >= 11 is 5.98. The topological polar surface area (TPSA) is 44.1 Å². The molecule has 24 heavy (non-hydrogen) atoms. The van der Waals surface area contributed by atoms with Crippen LogP contribution in [0, 0.1) is 0 Å². The molecule has 0 aliphatic heterocycles. The summed E-state index contributed by atoms with van der Waals surface area (Å²) < 4.78 is 6.73. The molecule has 1 aromatic heterocycles. The Kier molecular flexibility index (Phi) is 4.96. The van der Waals surface area contributed by atoms with Crippen LogP contribution in [0.5, 0.6) is 0 Å². The Balaban J connectivity index is 2.08. The predicted molar refractivity (Wildman–Crippen MR) is 94.7 cm³/mol. The Morgan fingerprint density at radius 2 is 1.79 bits per heavy atom. The molecule has 0 spiro atoms. The van der Waals surface area contributed by atoms with Crippen LogP contribution in [0.15, 0.2) is 60.8 Å². The molecule has 0 saturated carbocycles. The second kappa shape index (κ2) is 7.32. The van der Waals surface area contributed by atoms with Crippen LogP contribution in [0.3, 0.4) is 0 Å². The van der Waals surface area contributed by atoms with Gasteiger partial charge in [0.05, 0.1) is 18.5 Å². The second-order valence-electron chi connectivity index (χ2n) is 5.24. The third-order valence-corrected chi connectivity index (χ3v) is 3.88. The van der Waals surface area contributed by atoms with Crippen LogP contribution in [-0.2, 0) is 16.1 Å². The highest BCUT2D eigenvalue weighted by Crippen LogP contribution is 2.32. The molecule has 0 N–H and O–H groups in total. The number of hydrogen-bond acceptors (Lipinski definition) is 3. The fraction of sp³-hybridized carbons (Fsp3) is 0.158. The average molecular weight is 341 g/mol. The molecule has 0 saturated heterocycles. The number of rotatable bonds is 5. The summed E-state index contributed by atoms with van der Waals surface area (Å²) in [5.74, 6) is -0.305. The third kappa shape index (κ3) is 3.49. The molecule has 4 nitrogen and oxygen atoms in total. The number of benzene rings is 2. The number of carbonyl (C=O) groups excluding carboxylic acids is 1. The van der Waals surface area contributed by atoms with Gasteiger partial charge in [-0.1, -0.05) is 54.1 Å². The Bertz CT molecular complexity index is 826. The fourth-order valence-electron chi connectivity index (χ4n) is 2.58. The number of hydrogen-bond donors (Lipinski definition) is 0. The zero-order valence-corrected chi connectivity index (χ0v) is 14.0. The van der Waals surface area contributed by atoms with Gasteiger partial charge in [0.15, 0.2) is 0 Å². The van der Waals surface area contributed by atoms with Crippen LogP contribution < -0.4 is 0 Å². The molecule has 0 fully saturated rings. The summed E-state index contributed by atoms with van der Waals surface area (Å²) in [5, 5.41) is 5.08. The molecule has 5 heteroatoms. The average Bonchev–Trinajstić information content (AvgIpc) is 3.00. The molecule has 0 bridgehead atoms. The van der Waals surface area contributed by atoms with Crippen molar-refractivity contribution in [1.29, 1.82) is 0 Å². The van der Waals surface area contributed by atoms with Crippen LogP contribution in [-0.4, -0.2) is 22.4 Å². The van der Waals surface area contributed by atoms with E-state index in [1.54, 1.807) is 17.8 Å². The van der Waals surface area contributed by atoms with E-state index in [-0.39, 0.29) is 12.5 Å².